The van der Waals surface area contributed by atoms with Gasteiger partial charge in [-0.25, -0.2) is 4.39 Å². The van der Waals surface area contributed by atoms with Crippen LogP contribution in [0.25, 0.3) is 0 Å². The van der Waals surface area contributed by atoms with E-state index in [2.05, 4.69) is 30.0 Å². The summed E-state index contributed by atoms with van der Waals surface area (Å²) in [5.41, 5.74) is 3.21. The zero-order valence-electron chi connectivity index (χ0n) is 16.7. The molecule has 1 aromatic carbocycles. The van der Waals surface area contributed by atoms with E-state index in [-0.39, 0.29) is 17.8 Å². The molecule has 0 N–H and O–H groups in total. The fourth-order valence-electron chi connectivity index (χ4n) is 3.79. The molecule has 5 nitrogen and oxygen atoms in total. The third-order valence-corrected chi connectivity index (χ3v) is 5.35. The number of nitrogens with zero attached hydrogens (tertiary/aromatic N) is 4. The molecule has 27 heavy (non-hydrogen) atoms. The Morgan fingerprint density at radius 3 is 2.52 bits per heavy atom. The van der Waals surface area contributed by atoms with Gasteiger partial charge in [-0.15, -0.1) is 0 Å². The minimum absolute atomic E-state index is 0.127. The third-order valence-electron chi connectivity index (χ3n) is 5.35. The van der Waals surface area contributed by atoms with E-state index in [1.807, 2.05) is 23.6 Å². The molecule has 1 fully saturated rings. The number of halogens is 1. The van der Waals surface area contributed by atoms with Gasteiger partial charge >= 0.3 is 0 Å². The van der Waals surface area contributed by atoms with Crippen molar-refractivity contribution in [1.82, 2.24) is 19.6 Å². The van der Waals surface area contributed by atoms with Crippen LogP contribution in [-0.4, -0.2) is 44.6 Å². The van der Waals surface area contributed by atoms with Gasteiger partial charge in [-0.3, -0.25) is 14.4 Å². The number of benzene rings is 1. The Morgan fingerprint density at radius 1 is 1.22 bits per heavy atom. The van der Waals surface area contributed by atoms with Crippen LogP contribution < -0.4 is 0 Å². The van der Waals surface area contributed by atoms with Crippen molar-refractivity contribution in [3.05, 3.63) is 53.1 Å². The summed E-state index contributed by atoms with van der Waals surface area (Å²) in [5.74, 6) is 0.257. The van der Waals surface area contributed by atoms with Crippen LogP contribution in [0, 0.1) is 18.7 Å². The number of aromatic nitrogens is 2. The highest BCUT2D eigenvalue weighted by Gasteiger charge is 2.32. The van der Waals surface area contributed by atoms with Crippen LogP contribution in [0.3, 0.4) is 0 Å². The maximum atomic E-state index is 13.2. The first-order valence-electron chi connectivity index (χ1n) is 9.59. The fraction of sp³-hybridized carbons (Fsp3) is 0.524. The zero-order chi connectivity index (χ0) is 19.6. The first-order chi connectivity index (χ1) is 12.8. The average molecular weight is 372 g/mol. The highest BCUT2D eigenvalue weighted by molar-refractivity contribution is 5.77. The van der Waals surface area contributed by atoms with Gasteiger partial charge in [0.05, 0.1) is 5.69 Å². The molecule has 6 heteroatoms. The number of aryl methyl sites for hydroxylation is 2. The van der Waals surface area contributed by atoms with Gasteiger partial charge in [-0.2, -0.15) is 5.10 Å². The van der Waals surface area contributed by atoms with Crippen molar-refractivity contribution >= 4 is 5.91 Å². The van der Waals surface area contributed by atoms with Crippen LogP contribution in [0.15, 0.2) is 30.5 Å². The van der Waals surface area contributed by atoms with Crippen LogP contribution in [0.1, 0.15) is 37.1 Å². The molecule has 146 valence electrons. The van der Waals surface area contributed by atoms with Crippen LogP contribution in [0.4, 0.5) is 4.39 Å². The molecular formula is C21H29FN4O. The maximum absolute atomic E-state index is 13.2. The summed E-state index contributed by atoms with van der Waals surface area (Å²) in [5, 5.41) is 4.43. The van der Waals surface area contributed by atoms with Gasteiger partial charge in [0.15, 0.2) is 0 Å². The number of carbonyl (C=O) groups excluding carboxylic acids is 1. The van der Waals surface area contributed by atoms with Crippen molar-refractivity contribution in [1.29, 1.82) is 0 Å². The summed E-state index contributed by atoms with van der Waals surface area (Å²) >= 11 is 0. The fourth-order valence-corrected chi connectivity index (χ4v) is 3.79. The Bertz CT molecular complexity index is 784. The second kappa shape index (κ2) is 8.21. The van der Waals surface area contributed by atoms with E-state index in [1.165, 1.54) is 17.7 Å². The van der Waals surface area contributed by atoms with E-state index in [0.717, 1.165) is 30.9 Å². The highest BCUT2D eigenvalue weighted by atomic mass is 19.1. The summed E-state index contributed by atoms with van der Waals surface area (Å²) in [7, 11) is 1.93. The molecule has 2 heterocycles. The van der Waals surface area contributed by atoms with Crippen molar-refractivity contribution in [3.63, 3.8) is 0 Å². The number of rotatable bonds is 5. The Labute approximate surface area is 160 Å². The standard InChI is InChI=1S/C21H29FN4O/c1-15(2)20-14-25(13-18-12-24(4)23-16(18)3)10-9-21(27)26(20)11-17-5-7-19(22)8-6-17/h5-8,12,15,20H,9-11,13-14H2,1-4H3. The molecule has 0 bridgehead atoms. The van der Waals surface area contributed by atoms with Gasteiger partial charge in [0.25, 0.3) is 0 Å². The Morgan fingerprint density at radius 2 is 1.93 bits per heavy atom. The molecule has 0 aliphatic carbocycles. The van der Waals surface area contributed by atoms with E-state index in [9.17, 15) is 9.18 Å². The van der Waals surface area contributed by atoms with E-state index in [0.29, 0.717) is 18.9 Å². The molecule has 1 aromatic heterocycles. The normalized spacial score (nSPS) is 19.0. The lowest BCUT2D eigenvalue weighted by atomic mass is 10.0. The largest absolute Gasteiger partial charge is 0.334 e. The topological polar surface area (TPSA) is 41.4 Å². The lowest BCUT2D eigenvalue weighted by Gasteiger charge is -2.35. The Hall–Kier alpha value is -2.21. The van der Waals surface area contributed by atoms with Crippen molar-refractivity contribution in [2.75, 3.05) is 13.1 Å². The Kier molecular flexibility index (Phi) is 5.95. The minimum atomic E-state index is -0.251. The molecule has 0 spiro atoms. The lowest BCUT2D eigenvalue weighted by Crippen LogP contribution is -2.45. The second-order valence-corrected chi connectivity index (χ2v) is 7.86. The molecule has 0 saturated carbocycles. The number of amides is 1. The lowest BCUT2D eigenvalue weighted by molar-refractivity contribution is -0.134. The van der Waals surface area contributed by atoms with E-state index < -0.39 is 0 Å². The maximum Gasteiger partial charge on any atom is 0.224 e. The number of carbonyl (C=O) groups is 1. The molecule has 1 amide bonds. The van der Waals surface area contributed by atoms with Gasteiger partial charge < -0.3 is 4.90 Å². The molecule has 2 aromatic rings. The van der Waals surface area contributed by atoms with Crippen LogP contribution in [0.5, 0.6) is 0 Å². The molecule has 1 unspecified atom stereocenters. The predicted molar refractivity (Wildman–Crippen MR) is 103 cm³/mol. The van der Waals surface area contributed by atoms with Crippen molar-refractivity contribution in [2.45, 2.75) is 46.3 Å². The molecule has 1 aliphatic heterocycles. The molecular weight excluding hydrogens is 343 g/mol. The molecule has 1 aliphatic rings. The predicted octanol–water partition coefficient (Wildman–Crippen LogP) is 3.13. The average Bonchev–Trinajstić information content (AvgIpc) is 2.84. The molecule has 1 atom stereocenters. The summed E-state index contributed by atoms with van der Waals surface area (Å²) in [6.07, 6.45) is 2.56. The first kappa shape index (κ1) is 19.5. The van der Waals surface area contributed by atoms with Gasteiger partial charge in [-0.05, 0) is 30.5 Å². The summed E-state index contributed by atoms with van der Waals surface area (Å²) in [6.45, 7) is 9.26. The SMILES string of the molecule is Cc1nn(C)cc1CN1CCC(=O)N(Cc2ccc(F)cc2)C(C(C)C)C1. The van der Waals surface area contributed by atoms with Crippen LogP contribution in [-0.2, 0) is 24.9 Å². The van der Waals surface area contributed by atoms with Gasteiger partial charge in [0.1, 0.15) is 5.82 Å². The summed E-state index contributed by atoms with van der Waals surface area (Å²) in [4.78, 5) is 17.2. The first-order valence-corrected chi connectivity index (χ1v) is 9.59. The summed E-state index contributed by atoms with van der Waals surface area (Å²) in [6, 6.07) is 6.57. The second-order valence-electron chi connectivity index (χ2n) is 7.86. The van der Waals surface area contributed by atoms with Crippen molar-refractivity contribution < 1.29 is 9.18 Å². The van der Waals surface area contributed by atoms with Gasteiger partial charge in [0, 0.05) is 57.4 Å². The minimum Gasteiger partial charge on any atom is -0.334 e. The van der Waals surface area contributed by atoms with Crippen molar-refractivity contribution in [3.8, 4) is 0 Å². The van der Waals surface area contributed by atoms with E-state index in [4.69, 9.17) is 0 Å². The molecule has 0 radical (unpaired) electrons. The Balaban J connectivity index is 1.77. The summed E-state index contributed by atoms with van der Waals surface area (Å²) < 4.78 is 15.1. The molecule has 3 rings (SSSR count). The van der Waals surface area contributed by atoms with E-state index >= 15 is 0 Å². The van der Waals surface area contributed by atoms with Crippen LogP contribution >= 0.6 is 0 Å². The zero-order valence-corrected chi connectivity index (χ0v) is 16.7. The van der Waals surface area contributed by atoms with Crippen molar-refractivity contribution in [2.24, 2.45) is 13.0 Å². The number of hydrogen-bond donors (Lipinski definition) is 0. The smallest absolute Gasteiger partial charge is 0.224 e. The highest BCUT2D eigenvalue weighted by Crippen LogP contribution is 2.22. The quantitative estimate of drug-likeness (QED) is 0.810. The third kappa shape index (κ3) is 4.75. The molecule has 1 saturated heterocycles. The van der Waals surface area contributed by atoms with E-state index in [1.54, 1.807) is 12.1 Å². The van der Waals surface area contributed by atoms with Gasteiger partial charge in [0.2, 0.25) is 5.91 Å². The van der Waals surface area contributed by atoms with Crippen LogP contribution in [0.2, 0.25) is 0 Å². The van der Waals surface area contributed by atoms with Gasteiger partial charge in [-0.1, -0.05) is 26.0 Å². The monoisotopic (exact) mass is 372 g/mol. The number of hydrogen-bond acceptors (Lipinski definition) is 3.